The highest BCUT2D eigenvalue weighted by molar-refractivity contribution is 5.93. The first kappa shape index (κ1) is 15.6. The first-order chi connectivity index (χ1) is 10.1. The molecule has 1 aromatic carbocycles. The van der Waals surface area contributed by atoms with Crippen LogP contribution in [-0.2, 0) is 19.0 Å². The van der Waals surface area contributed by atoms with Crippen molar-refractivity contribution < 1.29 is 28.9 Å². The Balaban J connectivity index is 2.07. The van der Waals surface area contributed by atoms with Gasteiger partial charge in [0.25, 0.3) is 0 Å². The Kier molecular flexibility index (Phi) is 5.44. The summed E-state index contributed by atoms with van der Waals surface area (Å²) in [5.41, 5.74) is 0.363. The summed E-state index contributed by atoms with van der Waals surface area (Å²) in [4.78, 5) is 24.0. The number of aliphatic hydroxyl groups is 1. The molecule has 0 heterocycles. The lowest BCUT2D eigenvalue weighted by molar-refractivity contribution is -0.162. The zero-order valence-electron chi connectivity index (χ0n) is 11.7. The van der Waals surface area contributed by atoms with E-state index in [-0.39, 0.29) is 25.4 Å². The normalized spacial score (nSPS) is 25.6. The van der Waals surface area contributed by atoms with Crippen LogP contribution in [-0.4, -0.2) is 49.1 Å². The third-order valence-electron chi connectivity index (χ3n) is 3.24. The van der Waals surface area contributed by atoms with Gasteiger partial charge in [0.1, 0.15) is 12.9 Å². The Labute approximate surface area is 122 Å². The molecule has 0 unspecified atom stereocenters. The summed E-state index contributed by atoms with van der Waals surface area (Å²) in [7, 11) is 1.45. The molecular formula is C15H18O6. The molecule has 1 aliphatic rings. The fourth-order valence-electron chi connectivity index (χ4n) is 2.24. The monoisotopic (exact) mass is 294 g/mol. The van der Waals surface area contributed by atoms with Crippen molar-refractivity contribution in [2.45, 2.75) is 31.2 Å². The van der Waals surface area contributed by atoms with E-state index in [1.807, 2.05) is 0 Å². The number of aliphatic hydroxyl groups excluding tert-OH is 1. The minimum absolute atomic E-state index is 0.0376. The lowest BCUT2D eigenvalue weighted by atomic mass is 9.91. The van der Waals surface area contributed by atoms with E-state index in [1.165, 1.54) is 7.11 Å². The number of methoxy groups -OCH3 is 1. The highest BCUT2D eigenvalue weighted by Gasteiger charge is 2.39. The van der Waals surface area contributed by atoms with Crippen LogP contribution in [0.3, 0.4) is 0 Å². The summed E-state index contributed by atoms with van der Waals surface area (Å²) in [5.74, 6) is -0.935. The van der Waals surface area contributed by atoms with Crippen molar-refractivity contribution in [2.75, 3.05) is 13.9 Å². The van der Waals surface area contributed by atoms with Crippen molar-refractivity contribution in [3.63, 3.8) is 0 Å². The Morgan fingerprint density at radius 1 is 1.33 bits per heavy atom. The molecule has 6 nitrogen and oxygen atoms in total. The molecule has 0 saturated heterocycles. The molecule has 1 aliphatic carbocycles. The van der Waals surface area contributed by atoms with Crippen molar-refractivity contribution in [3.05, 3.63) is 35.9 Å². The van der Waals surface area contributed by atoms with Crippen LogP contribution in [0.15, 0.2) is 30.3 Å². The summed E-state index contributed by atoms with van der Waals surface area (Å²) < 4.78 is 15.4. The fourth-order valence-corrected chi connectivity index (χ4v) is 2.24. The molecule has 0 amide bonds. The molecule has 2 rings (SSSR count). The average Bonchev–Trinajstić information content (AvgIpc) is 2.48. The molecule has 0 bridgehead atoms. The molecule has 21 heavy (non-hydrogen) atoms. The highest BCUT2D eigenvalue weighted by Crippen LogP contribution is 2.23. The van der Waals surface area contributed by atoms with Crippen molar-refractivity contribution >= 4 is 11.8 Å². The van der Waals surface area contributed by atoms with E-state index in [0.717, 1.165) is 0 Å². The molecular weight excluding hydrogens is 276 g/mol. The third kappa shape index (κ3) is 4.10. The van der Waals surface area contributed by atoms with Gasteiger partial charge in [0.15, 0.2) is 11.9 Å². The number of carbonyl (C=O) groups excluding carboxylic acids is 2. The van der Waals surface area contributed by atoms with Gasteiger partial charge in [0.05, 0.1) is 11.7 Å². The number of Topliss-reactive ketones (excluding diaryl/α,β-unsaturated/α-hetero) is 1. The van der Waals surface area contributed by atoms with Gasteiger partial charge in [-0.15, -0.1) is 0 Å². The molecule has 0 radical (unpaired) electrons. The van der Waals surface area contributed by atoms with E-state index in [4.69, 9.17) is 14.2 Å². The Bertz CT molecular complexity index is 486. The van der Waals surface area contributed by atoms with Gasteiger partial charge < -0.3 is 19.3 Å². The lowest BCUT2D eigenvalue weighted by Crippen LogP contribution is -2.47. The molecule has 1 aromatic rings. The van der Waals surface area contributed by atoms with E-state index in [9.17, 15) is 14.7 Å². The van der Waals surface area contributed by atoms with Crippen molar-refractivity contribution in [3.8, 4) is 0 Å². The van der Waals surface area contributed by atoms with E-state index >= 15 is 0 Å². The van der Waals surface area contributed by atoms with Crippen molar-refractivity contribution in [1.29, 1.82) is 0 Å². The third-order valence-corrected chi connectivity index (χ3v) is 3.24. The predicted octanol–water partition coefficient (Wildman–Crippen LogP) is 0.925. The average molecular weight is 294 g/mol. The second-order valence-electron chi connectivity index (χ2n) is 4.86. The molecule has 1 fully saturated rings. The quantitative estimate of drug-likeness (QED) is 0.642. The number of hydrogen-bond donors (Lipinski definition) is 1. The smallest absolute Gasteiger partial charge is 0.338 e. The maximum absolute atomic E-state index is 12.0. The van der Waals surface area contributed by atoms with Crippen LogP contribution < -0.4 is 0 Å². The van der Waals surface area contributed by atoms with E-state index in [1.54, 1.807) is 30.3 Å². The van der Waals surface area contributed by atoms with Crippen LogP contribution in [0.25, 0.3) is 0 Å². The lowest BCUT2D eigenvalue weighted by Gasteiger charge is -2.32. The Hall–Kier alpha value is -1.76. The number of esters is 1. The second kappa shape index (κ2) is 7.31. The summed E-state index contributed by atoms with van der Waals surface area (Å²) in [5, 5.41) is 9.64. The largest absolute Gasteiger partial charge is 0.448 e. The molecule has 1 N–H and O–H groups in total. The summed E-state index contributed by atoms with van der Waals surface area (Å²) >= 11 is 0. The van der Waals surface area contributed by atoms with Crippen LogP contribution in [0.2, 0.25) is 0 Å². The van der Waals surface area contributed by atoms with Crippen LogP contribution >= 0.6 is 0 Å². The molecule has 1 saturated carbocycles. The topological polar surface area (TPSA) is 82.1 Å². The highest BCUT2D eigenvalue weighted by atomic mass is 16.7. The minimum atomic E-state index is -1.02. The minimum Gasteiger partial charge on any atom is -0.448 e. The van der Waals surface area contributed by atoms with Gasteiger partial charge in [-0.05, 0) is 12.1 Å². The Morgan fingerprint density at radius 3 is 2.71 bits per heavy atom. The van der Waals surface area contributed by atoms with Crippen LogP contribution in [0.5, 0.6) is 0 Å². The zero-order chi connectivity index (χ0) is 15.2. The van der Waals surface area contributed by atoms with E-state index in [0.29, 0.717) is 5.56 Å². The number of benzene rings is 1. The van der Waals surface area contributed by atoms with Gasteiger partial charge in [-0.1, -0.05) is 18.2 Å². The van der Waals surface area contributed by atoms with E-state index in [2.05, 4.69) is 0 Å². The number of ether oxygens (including phenoxy) is 3. The van der Waals surface area contributed by atoms with Crippen molar-refractivity contribution in [2.24, 2.45) is 0 Å². The number of carbonyl (C=O) groups is 2. The second-order valence-corrected chi connectivity index (χ2v) is 4.86. The zero-order valence-corrected chi connectivity index (χ0v) is 11.7. The van der Waals surface area contributed by atoms with E-state index < -0.39 is 24.3 Å². The van der Waals surface area contributed by atoms with Crippen molar-refractivity contribution in [1.82, 2.24) is 0 Å². The first-order valence-corrected chi connectivity index (χ1v) is 6.69. The van der Waals surface area contributed by atoms with Gasteiger partial charge >= 0.3 is 5.97 Å². The fraction of sp³-hybridized carbons (Fsp3) is 0.467. The first-order valence-electron chi connectivity index (χ1n) is 6.69. The molecule has 0 aliphatic heterocycles. The van der Waals surface area contributed by atoms with Gasteiger partial charge in [-0.25, -0.2) is 4.79 Å². The molecule has 0 aromatic heterocycles. The summed E-state index contributed by atoms with van der Waals surface area (Å²) in [6, 6.07) is 8.41. The van der Waals surface area contributed by atoms with Crippen LogP contribution in [0, 0.1) is 0 Å². The predicted molar refractivity (Wildman–Crippen MR) is 72.6 cm³/mol. The standard InChI is InChI=1S/C15H18O6/c1-19-9-20-13-8-11(16)7-12(17)14(13)21-15(18)10-5-3-2-4-6-10/h2-6,11,13-14,16H,7-9H2,1H3/t11-,13-,14+/m0/s1. The molecule has 114 valence electrons. The molecule has 3 atom stereocenters. The van der Waals surface area contributed by atoms with Crippen LogP contribution in [0.4, 0.5) is 0 Å². The number of rotatable bonds is 5. The summed E-state index contributed by atoms with van der Waals surface area (Å²) in [6.45, 7) is -0.0376. The Morgan fingerprint density at radius 2 is 2.05 bits per heavy atom. The van der Waals surface area contributed by atoms with Gasteiger partial charge in [0.2, 0.25) is 0 Å². The van der Waals surface area contributed by atoms with Crippen LogP contribution in [0.1, 0.15) is 23.2 Å². The number of ketones is 1. The maximum Gasteiger partial charge on any atom is 0.338 e. The molecule has 6 heteroatoms. The van der Waals surface area contributed by atoms with Gasteiger partial charge in [0, 0.05) is 20.0 Å². The number of hydrogen-bond acceptors (Lipinski definition) is 6. The van der Waals surface area contributed by atoms with Gasteiger partial charge in [-0.3, -0.25) is 4.79 Å². The SMILES string of the molecule is COCO[C@H]1C[C@@H](O)CC(=O)[C@H]1OC(=O)c1ccccc1. The summed E-state index contributed by atoms with van der Waals surface area (Å²) in [6.07, 6.45) is -2.32. The van der Waals surface area contributed by atoms with Gasteiger partial charge in [-0.2, -0.15) is 0 Å². The maximum atomic E-state index is 12.0. The molecule has 0 spiro atoms.